The quantitative estimate of drug-likeness (QED) is 0.864. The molecule has 2 aromatic rings. The summed E-state index contributed by atoms with van der Waals surface area (Å²) in [5.74, 6) is 0. The number of rotatable bonds is 3. The van der Waals surface area contributed by atoms with E-state index in [-0.39, 0.29) is 15.1 Å². The van der Waals surface area contributed by atoms with E-state index in [0.29, 0.717) is 5.13 Å². The van der Waals surface area contributed by atoms with Crippen molar-refractivity contribution in [2.45, 2.75) is 24.2 Å². The van der Waals surface area contributed by atoms with Gasteiger partial charge in [0.2, 0.25) is 0 Å². The summed E-state index contributed by atoms with van der Waals surface area (Å²) in [6.07, 6.45) is 4.11. The molecule has 0 aromatic carbocycles. The van der Waals surface area contributed by atoms with Crippen molar-refractivity contribution in [1.82, 2.24) is 9.97 Å². The largest absolute Gasteiger partial charge is 0.265 e. The van der Waals surface area contributed by atoms with Gasteiger partial charge in [0, 0.05) is 11.1 Å². The fourth-order valence-electron chi connectivity index (χ4n) is 1.96. The number of thiazole rings is 1. The third-order valence-corrected chi connectivity index (χ3v) is 6.09. The van der Waals surface area contributed by atoms with Crippen molar-refractivity contribution < 1.29 is 8.42 Å². The Hall–Kier alpha value is -0.890. The zero-order valence-electron chi connectivity index (χ0n) is 10.1. The zero-order chi connectivity index (χ0) is 14.3. The molecule has 0 spiro atoms. The maximum absolute atomic E-state index is 12.2. The predicted octanol–water partition coefficient (Wildman–Crippen LogP) is 3.13. The molecule has 0 saturated carbocycles. The van der Waals surface area contributed by atoms with Crippen LogP contribution in [-0.2, 0) is 22.9 Å². The second kappa shape index (κ2) is 5.14. The van der Waals surface area contributed by atoms with Crippen LogP contribution in [0.15, 0.2) is 17.2 Å². The molecule has 3 rings (SSSR count). The molecule has 2 heterocycles. The summed E-state index contributed by atoms with van der Waals surface area (Å²) in [5.41, 5.74) is 0.986. The normalized spacial score (nSPS) is 14.3. The van der Waals surface area contributed by atoms with E-state index in [1.807, 2.05) is 0 Å². The van der Waals surface area contributed by atoms with Gasteiger partial charge in [-0.05, 0) is 25.3 Å². The van der Waals surface area contributed by atoms with Crippen molar-refractivity contribution in [2.75, 3.05) is 4.72 Å². The Morgan fingerprint density at radius 1 is 1.30 bits per heavy atom. The van der Waals surface area contributed by atoms with Gasteiger partial charge in [-0.1, -0.05) is 23.2 Å². The van der Waals surface area contributed by atoms with Crippen molar-refractivity contribution in [3.8, 4) is 0 Å². The van der Waals surface area contributed by atoms with E-state index in [1.54, 1.807) is 0 Å². The Kier molecular flexibility index (Phi) is 3.62. The molecule has 9 heteroatoms. The fourth-order valence-corrected chi connectivity index (χ4v) is 4.55. The van der Waals surface area contributed by atoms with Gasteiger partial charge in [0.15, 0.2) is 5.13 Å². The summed E-state index contributed by atoms with van der Waals surface area (Å²) < 4.78 is 26.9. The molecule has 0 fully saturated rings. The van der Waals surface area contributed by atoms with E-state index in [1.165, 1.54) is 17.4 Å². The van der Waals surface area contributed by atoms with Gasteiger partial charge in [-0.15, -0.1) is 11.3 Å². The number of hydrogen-bond donors (Lipinski definition) is 1. The number of nitrogens with zero attached hydrogens (tertiary/aromatic N) is 2. The standard InChI is InChI=1S/C11H9Cl2N3O2S2/c12-7-4-6(5-14-10(7)13)20(17,18)16-11-15-8-2-1-3-9(8)19-11/h4-5H,1-3H2,(H,15,16). The minimum absolute atomic E-state index is 0.0396. The number of anilines is 1. The first-order chi connectivity index (χ1) is 9.45. The van der Waals surface area contributed by atoms with Gasteiger partial charge in [-0.2, -0.15) is 0 Å². The van der Waals surface area contributed by atoms with Gasteiger partial charge in [-0.3, -0.25) is 4.72 Å². The molecule has 0 saturated heterocycles. The average Bonchev–Trinajstić information content (AvgIpc) is 2.92. The van der Waals surface area contributed by atoms with Gasteiger partial charge in [0.05, 0.1) is 10.7 Å². The lowest BCUT2D eigenvalue weighted by Crippen LogP contribution is -2.13. The molecule has 106 valence electrons. The van der Waals surface area contributed by atoms with E-state index < -0.39 is 10.0 Å². The van der Waals surface area contributed by atoms with Crippen LogP contribution in [0.25, 0.3) is 0 Å². The molecule has 0 radical (unpaired) electrons. The van der Waals surface area contributed by atoms with Crippen LogP contribution in [0.3, 0.4) is 0 Å². The molecule has 2 aromatic heterocycles. The molecule has 0 bridgehead atoms. The van der Waals surface area contributed by atoms with Gasteiger partial charge in [0.1, 0.15) is 10.0 Å². The second-order valence-corrected chi connectivity index (χ2v) is 7.82. The first-order valence-electron chi connectivity index (χ1n) is 5.78. The lowest BCUT2D eigenvalue weighted by molar-refractivity contribution is 0.601. The van der Waals surface area contributed by atoms with Crippen LogP contribution in [0.2, 0.25) is 10.2 Å². The SMILES string of the molecule is O=S(=O)(Nc1nc2c(s1)CCC2)c1cnc(Cl)c(Cl)c1. The lowest BCUT2D eigenvalue weighted by Gasteiger charge is -2.05. The van der Waals surface area contributed by atoms with Crippen LogP contribution < -0.4 is 4.72 Å². The third-order valence-electron chi connectivity index (χ3n) is 2.90. The smallest absolute Gasteiger partial charge is 0.255 e. The first kappa shape index (κ1) is 14.1. The van der Waals surface area contributed by atoms with Crippen molar-refractivity contribution in [3.05, 3.63) is 33.0 Å². The van der Waals surface area contributed by atoms with Gasteiger partial charge < -0.3 is 0 Å². The number of aromatic nitrogens is 2. The summed E-state index contributed by atoms with van der Waals surface area (Å²) in [4.78, 5) is 9.13. The Morgan fingerprint density at radius 2 is 2.10 bits per heavy atom. The highest BCUT2D eigenvalue weighted by Gasteiger charge is 2.21. The van der Waals surface area contributed by atoms with Crippen LogP contribution in [0.4, 0.5) is 5.13 Å². The molecule has 1 aliphatic carbocycles. The molecule has 0 unspecified atom stereocenters. The minimum Gasteiger partial charge on any atom is -0.255 e. The summed E-state index contributed by atoms with van der Waals surface area (Å²) in [6, 6.07) is 1.26. The summed E-state index contributed by atoms with van der Waals surface area (Å²) in [6.45, 7) is 0. The van der Waals surface area contributed by atoms with Crippen molar-refractivity contribution in [2.24, 2.45) is 0 Å². The van der Waals surface area contributed by atoms with Gasteiger partial charge in [-0.25, -0.2) is 18.4 Å². The summed E-state index contributed by atoms with van der Waals surface area (Å²) in [7, 11) is -3.75. The van der Waals surface area contributed by atoms with Crippen molar-refractivity contribution in [3.63, 3.8) is 0 Å². The van der Waals surface area contributed by atoms with Crippen LogP contribution in [0.1, 0.15) is 17.0 Å². The second-order valence-electron chi connectivity index (χ2n) is 4.29. The van der Waals surface area contributed by atoms with Gasteiger partial charge in [0.25, 0.3) is 10.0 Å². The molecule has 0 amide bonds. The van der Waals surface area contributed by atoms with Gasteiger partial charge >= 0.3 is 0 Å². The Labute approximate surface area is 130 Å². The maximum Gasteiger partial charge on any atom is 0.265 e. The lowest BCUT2D eigenvalue weighted by atomic mass is 10.4. The topological polar surface area (TPSA) is 72.0 Å². The molecule has 20 heavy (non-hydrogen) atoms. The van der Waals surface area contributed by atoms with Crippen LogP contribution in [0, 0.1) is 0 Å². The highest BCUT2D eigenvalue weighted by Crippen LogP contribution is 2.32. The molecule has 5 nitrogen and oxygen atoms in total. The Morgan fingerprint density at radius 3 is 2.80 bits per heavy atom. The molecule has 0 aliphatic heterocycles. The Balaban J connectivity index is 1.89. The monoisotopic (exact) mass is 349 g/mol. The maximum atomic E-state index is 12.2. The fraction of sp³-hybridized carbons (Fsp3) is 0.273. The zero-order valence-corrected chi connectivity index (χ0v) is 13.2. The van der Waals surface area contributed by atoms with Crippen LogP contribution in [-0.4, -0.2) is 18.4 Å². The van der Waals surface area contributed by atoms with E-state index in [0.717, 1.165) is 36.0 Å². The number of halogens is 2. The average molecular weight is 350 g/mol. The van der Waals surface area contributed by atoms with Crippen molar-refractivity contribution >= 4 is 49.7 Å². The molecule has 0 atom stereocenters. The number of sulfonamides is 1. The van der Waals surface area contributed by atoms with E-state index in [4.69, 9.17) is 23.2 Å². The molecule has 1 aliphatic rings. The number of fused-ring (bicyclic) bond motifs is 1. The van der Waals surface area contributed by atoms with Crippen molar-refractivity contribution in [1.29, 1.82) is 0 Å². The number of pyridine rings is 1. The first-order valence-corrected chi connectivity index (χ1v) is 8.84. The predicted molar refractivity (Wildman–Crippen MR) is 79.2 cm³/mol. The Bertz CT molecular complexity index is 752. The number of nitrogens with one attached hydrogen (secondary N) is 1. The van der Waals surface area contributed by atoms with Crippen LogP contribution in [0.5, 0.6) is 0 Å². The molecule has 1 N–H and O–H groups in total. The van der Waals surface area contributed by atoms with Crippen LogP contribution >= 0.6 is 34.5 Å². The minimum atomic E-state index is -3.75. The number of aryl methyl sites for hydroxylation is 2. The molecular weight excluding hydrogens is 341 g/mol. The summed E-state index contributed by atoms with van der Waals surface area (Å²) >= 11 is 12.8. The molecular formula is C11H9Cl2N3O2S2. The van der Waals surface area contributed by atoms with E-state index >= 15 is 0 Å². The highest BCUT2D eigenvalue weighted by molar-refractivity contribution is 7.93. The van der Waals surface area contributed by atoms with E-state index in [2.05, 4.69) is 14.7 Å². The number of hydrogen-bond acceptors (Lipinski definition) is 5. The highest BCUT2D eigenvalue weighted by atomic mass is 35.5. The third kappa shape index (κ3) is 2.63. The summed E-state index contributed by atoms with van der Waals surface area (Å²) in [5, 5.41) is 0.538. The van der Waals surface area contributed by atoms with E-state index in [9.17, 15) is 8.42 Å².